The summed E-state index contributed by atoms with van der Waals surface area (Å²) in [4.78, 5) is 37.9. The summed E-state index contributed by atoms with van der Waals surface area (Å²) in [5.41, 5.74) is 0. The number of hydrogen-bond donors (Lipinski definition) is 0. The molecule has 0 aliphatic heterocycles. The summed E-state index contributed by atoms with van der Waals surface area (Å²) < 4.78 is 16.8. The van der Waals surface area contributed by atoms with Gasteiger partial charge in [-0.1, -0.05) is 191 Å². The normalized spacial score (nSPS) is 12.4. The lowest BCUT2D eigenvalue weighted by molar-refractivity contribution is -0.167. The Balaban J connectivity index is 4.39. The third-order valence-corrected chi connectivity index (χ3v) is 11.3. The maximum Gasteiger partial charge on any atom is 0.306 e. The molecule has 0 fully saturated rings. The molecule has 0 N–H and O–H groups in total. The van der Waals surface area contributed by atoms with Crippen LogP contribution in [0.2, 0.25) is 0 Å². The topological polar surface area (TPSA) is 78.9 Å². The molecule has 0 radical (unpaired) electrons. The van der Waals surface area contributed by atoms with Gasteiger partial charge < -0.3 is 14.2 Å². The predicted octanol–water partition coefficient (Wildman–Crippen LogP) is 17.1. The molecule has 0 aromatic carbocycles. The first-order valence-electron chi connectivity index (χ1n) is 26.1. The Morgan fingerprint density at radius 3 is 0.967 bits per heavy atom. The monoisotopic (exact) mass is 855 g/mol. The van der Waals surface area contributed by atoms with Crippen molar-refractivity contribution < 1.29 is 28.6 Å². The average molecular weight is 855 g/mol. The number of hydrogen-bond acceptors (Lipinski definition) is 6. The molecular formula is C55H98O6. The highest BCUT2D eigenvalue weighted by molar-refractivity contribution is 5.71. The van der Waals surface area contributed by atoms with E-state index in [0.29, 0.717) is 19.3 Å². The van der Waals surface area contributed by atoms with E-state index in [1.54, 1.807) is 0 Å². The Kier molecular flexibility index (Phi) is 47.9. The van der Waals surface area contributed by atoms with E-state index in [0.717, 1.165) is 89.9 Å². The molecule has 0 rings (SSSR count). The number of carbonyl (C=O) groups excluding carboxylic acids is 3. The Bertz CT molecular complexity index is 1070. The molecule has 0 bridgehead atoms. The van der Waals surface area contributed by atoms with Gasteiger partial charge in [-0.2, -0.15) is 0 Å². The first-order chi connectivity index (χ1) is 30.0. The first-order valence-corrected chi connectivity index (χ1v) is 26.1. The fourth-order valence-electron chi connectivity index (χ4n) is 7.28. The molecule has 61 heavy (non-hydrogen) atoms. The third kappa shape index (κ3) is 48.3. The molecule has 0 aromatic rings. The van der Waals surface area contributed by atoms with Crippen LogP contribution in [-0.4, -0.2) is 37.2 Å². The summed E-state index contributed by atoms with van der Waals surface area (Å²) in [7, 11) is 0. The highest BCUT2D eigenvalue weighted by Crippen LogP contribution is 2.14. The van der Waals surface area contributed by atoms with E-state index in [9.17, 15) is 14.4 Å². The van der Waals surface area contributed by atoms with E-state index < -0.39 is 6.10 Å². The summed E-state index contributed by atoms with van der Waals surface area (Å²) in [6, 6.07) is 0. The molecule has 0 aliphatic carbocycles. The van der Waals surface area contributed by atoms with Crippen LogP contribution in [0.25, 0.3) is 0 Å². The lowest BCUT2D eigenvalue weighted by atomic mass is 10.1. The summed E-state index contributed by atoms with van der Waals surface area (Å²) >= 11 is 0. The molecule has 0 heterocycles. The van der Waals surface area contributed by atoms with Crippen molar-refractivity contribution in [1.29, 1.82) is 0 Å². The van der Waals surface area contributed by atoms with E-state index in [2.05, 4.69) is 69.4 Å². The minimum absolute atomic E-state index is 0.0852. The molecule has 0 amide bonds. The zero-order valence-corrected chi connectivity index (χ0v) is 40.4. The molecular weight excluding hydrogens is 757 g/mol. The number of esters is 3. The highest BCUT2D eigenvalue weighted by Gasteiger charge is 2.19. The maximum atomic E-state index is 12.8. The van der Waals surface area contributed by atoms with Gasteiger partial charge in [-0.25, -0.2) is 0 Å². The van der Waals surface area contributed by atoms with Crippen LogP contribution in [0.15, 0.2) is 48.6 Å². The lowest BCUT2D eigenvalue weighted by Gasteiger charge is -2.18. The second-order valence-electron chi connectivity index (χ2n) is 17.4. The van der Waals surface area contributed by atoms with E-state index >= 15 is 0 Å². The molecule has 0 saturated carbocycles. The van der Waals surface area contributed by atoms with Crippen molar-refractivity contribution in [2.45, 2.75) is 271 Å². The van der Waals surface area contributed by atoms with Gasteiger partial charge in [0.2, 0.25) is 0 Å². The lowest BCUT2D eigenvalue weighted by Crippen LogP contribution is -2.30. The van der Waals surface area contributed by atoms with Crippen LogP contribution in [0.5, 0.6) is 0 Å². The van der Waals surface area contributed by atoms with Crippen LogP contribution >= 0.6 is 0 Å². The van der Waals surface area contributed by atoms with E-state index in [-0.39, 0.29) is 31.1 Å². The first kappa shape index (κ1) is 58.4. The second-order valence-corrected chi connectivity index (χ2v) is 17.4. The van der Waals surface area contributed by atoms with Crippen molar-refractivity contribution in [3.63, 3.8) is 0 Å². The smallest absolute Gasteiger partial charge is 0.306 e. The number of carbonyl (C=O) groups is 3. The number of allylic oxidation sites excluding steroid dienone is 8. The zero-order valence-electron chi connectivity index (χ0n) is 40.4. The third-order valence-electron chi connectivity index (χ3n) is 11.3. The molecule has 354 valence electrons. The maximum absolute atomic E-state index is 12.8. The van der Waals surface area contributed by atoms with Gasteiger partial charge in [-0.05, 0) is 103 Å². The number of rotatable bonds is 47. The number of ether oxygens (including phenoxy) is 3. The summed E-state index contributed by atoms with van der Waals surface area (Å²) in [6.07, 6.45) is 59.5. The van der Waals surface area contributed by atoms with Crippen LogP contribution in [-0.2, 0) is 28.6 Å². The fourth-order valence-corrected chi connectivity index (χ4v) is 7.28. The molecule has 0 spiro atoms. The van der Waals surface area contributed by atoms with Gasteiger partial charge >= 0.3 is 17.9 Å². The molecule has 0 aromatic heterocycles. The van der Waals surface area contributed by atoms with Gasteiger partial charge in [0.1, 0.15) is 13.2 Å². The Morgan fingerprint density at radius 2 is 0.590 bits per heavy atom. The Labute approximate surface area is 378 Å². The standard InChI is InChI=1S/C55H98O6/c1-4-7-10-13-16-19-22-25-27-28-29-31-33-36-39-42-45-48-54(57)60-51-52(50-59-53(56)47-44-41-38-35-32-24-21-18-15-12-9-6-3)61-55(58)49-46-43-40-37-34-30-26-23-20-17-14-11-8-5-2/h16,18-19,21,25,27,30,34,52H,4-15,17,20,22-24,26,28-29,31-33,35-51H2,1-3H3/b19-16-,21-18-,27-25-,34-30-. The van der Waals surface area contributed by atoms with Crippen LogP contribution in [0.3, 0.4) is 0 Å². The minimum Gasteiger partial charge on any atom is -0.462 e. The van der Waals surface area contributed by atoms with Gasteiger partial charge in [0, 0.05) is 19.3 Å². The van der Waals surface area contributed by atoms with Gasteiger partial charge in [0.05, 0.1) is 0 Å². The van der Waals surface area contributed by atoms with E-state index in [1.807, 2.05) is 0 Å². The van der Waals surface area contributed by atoms with Gasteiger partial charge in [0.15, 0.2) is 6.10 Å². The number of unbranched alkanes of at least 4 members (excludes halogenated alkanes) is 28. The summed E-state index contributed by atoms with van der Waals surface area (Å²) in [5, 5.41) is 0. The van der Waals surface area contributed by atoms with Crippen molar-refractivity contribution >= 4 is 17.9 Å². The second kappa shape index (κ2) is 50.0. The Hall–Kier alpha value is -2.63. The SMILES string of the molecule is CCCCC/C=C\C/C=C\CCCCCCCCCC(=O)OCC(COC(=O)CCCCCCC/C=C\CCCCC)OC(=O)CCCCC/C=C\CCCCCCCCC. The van der Waals surface area contributed by atoms with E-state index in [1.165, 1.54) is 135 Å². The van der Waals surface area contributed by atoms with Crippen LogP contribution < -0.4 is 0 Å². The van der Waals surface area contributed by atoms with Crippen LogP contribution in [0.1, 0.15) is 265 Å². The molecule has 1 atom stereocenters. The fraction of sp³-hybridized carbons (Fsp3) is 0.800. The minimum atomic E-state index is -0.785. The van der Waals surface area contributed by atoms with Crippen molar-refractivity contribution in [2.24, 2.45) is 0 Å². The van der Waals surface area contributed by atoms with Crippen molar-refractivity contribution in [2.75, 3.05) is 13.2 Å². The van der Waals surface area contributed by atoms with Crippen LogP contribution in [0.4, 0.5) is 0 Å². The largest absolute Gasteiger partial charge is 0.462 e. The van der Waals surface area contributed by atoms with Crippen LogP contribution in [0, 0.1) is 0 Å². The van der Waals surface area contributed by atoms with Crippen molar-refractivity contribution in [3.8, 4) is 0 Å². The van der Waals surface area contributed by atoms with Gasteiger partial charge in [-0.3, -0.25) is 14.4 Å². The molecule has 0 aliphatic rings. The van der Waals surface area contributed by atoms with Crippen molar-refractivity contribution in [3.05, 3.63) is 48.6 Å². The zero-order chi connectivity index (χ0) is 44.4. The summed E-state index contributed by atoms with van der Waals surface area (Å²) in [5.74, 6) is -0.912. The molecule has 0 saturated heterocycles. The molecule has 6 nitrogen and oxygen atoms in total. The van der Waals surface area contributed by atoms with Crippen molar-refractivity contribution in [1.82, 2.24) is 0 Å². The summed E-state index contributed by atoms with van der Waals surface area (Å²) in [6.45, 7) is 6.57. The Morgan fingerprint density at radius 1 is 0.328 bits per heavy atom. The van der Waals surface area contributed by atoms with E-state index in [4.69, 9.17) is 14.2 Å². The quantitative estimate of drug-likeness (QED) is 0.0263. The molecule has 6 heteroatoms. The van der Waals surface area contributed by atoms with Gasteiger partial charge in [0.25, 0.3) is 0 Å². The van der Waals surface area contributed by atoms with Gasteiger partial charge in [-0.15, -0.1) is 0 Å². The molecule has 1 unspecified atom stereocenters. The highest BCUT2D eigenvalue weighted by atomic mass is 16.6. The average Bonchev–Trinajstić information content (AvgIpc) is 3.26. The predicted molar refractivity (Wildman–Crippen MR) is 261 cm³/mol.